The van der Waals surface area contributed by atoms with Crippen LogP contribution in [0, 0.1) is 5.82 Å². The Bertz CT molecular complexity index is 1490. The molecule has 2 atom stereocenters. The lowest BCUT2D eigenvalue weighted by atomic mass is 9.81. The molecule has 6 rings (SSSR count). The number of carbonyl (C=O) groups excluding carboxylic acids is 2. The number of hydrogen-bond acceptors (Lipinski definition) is 6. The van der Waals surface area contributed by atoms with Crippen molar-refractivity contribution in [2.24, 2.45) is 5.73 Å². The molecule has 40 heavy (non-hydrogen) atoms. The third kappa shape index (κ3) is 4.96. The first kappa shape index (κ1) is 26.4. The van der Waals surface area contributed by atoms with Crippen molar-refractivity contribution < 1.29 is 28.6 Å². The molecule has 1 aliphatic heterocycles. The minimum atomic E-state index is -1.50. The molecular formula is C32H33FN2O5. The molecule has 2 heterocycles. The molecule has 0 saturated heterocycles. The van der Waals surface area contributed by atoms with E-state index in [4.69, 9.17) is 20.2 Å². The molecule has 3 aliphatic rings. The van der Waals surface area contributed by atoms with E-state index in [0.29, 0.717) is 34.1 Å². The Morgan fingerprint density at radius 2 is 1.88 bits per heavy atom. The van der Waals surface area contributed by atoms with Crippen LogP contribution in [0.2, 0.25) is 0 Å². The SMILES string of the molecule is C[C@](O)(CCC(=O)c1ccc(OC2CC2)c(C2CC2)c1)c1cc2c(c(-c3ccc(F)cc3)n1)OC[C@]2(C)C(N)=O. The Labute approximate surface area is 232 Å². The number of halogens is 1. The number of aromatic nitrogens is 1. The van der Waals surface area contributed by atoms with Gasteiger partial charge in [-0.25, -0.2) is 9.37 Å². The number of nitrogens with zero attached hydrogens (tertiary/aromatic N) is 1. The molecule has 0 radical (unpaired) electrons. The van der Waals surface area contributed by atoms with Crippen molar-refractivity contribution in [1.29, 1.82) is 0 Å². The molecule has 3 N–H and O–H groups in total. The van der Waals surface area contributed by atoms with Crippen LogP contribution in [0.1, 0.15) is 85.5 Å². The van der Waals surface area contributed by atoms with E-state index < -0.39 is 22.7 Å². The summed E-state index contributed by atoms with van der Waals surface area (Å²) in [5.41, 5.74) is 6.56. The van der Waals surface area contributed by atoms with E-state index in [9.17, 15) is 19.1 Å². The molecule has 2 fully saturated rings. The molecule has 208 valence electrons. The molecule has 2 aliphatic carbocycles. The summed E-state index contributed by atoms with van der Waals surface area (Å²) in [6, 6.07) is 13.0. The first-order valence-corrected chi connectivity index (χ1v) is 13.9. The first-order chi connectivity index (χ1) is 19.0. The fraction of sp³-hybridized carbons (Fsp3) is 0.406. The van der Waals surface area contributed by atoms with Gasteiger partial charge in [-0.2, -0.15) is 0 Å². The number of carbonyl (C=O) groups is 2. The van der Waals surface area contributed by atoms with Gasteiger partial charge in [0, 0.05) is 23.1 Å². The number of primary amides is 1. The lowest BCUT2D eigenvalue weighted by Gasteiger charge is -2.26. The molecule has 0 bridgehead atoms. The number of pyridine rings is 1. The minimum Gasteiger partial charge on any atom is -0.490 e. The lowest BCUT2D eigenvalue weighted by Crippen LogP contribution is -2.40. The van der Waals surface area contributed by atoms with Crippen LogP contribution in [0.15, 0.2) is 48.5 Å². The van der Waals surface area contributed by atoms with Gasteiger partial charge in [-0.1, -0.05) is 0 Å². The van der Waals surface area contributed by atoms with Crippen molar-refractivity contribution in [3.63, 3.8) is 0 Å². The smallest absolute Gasteiger partial charge is 0.231 e. The Morgan fingerprint density at radius 1 is 1.15 bits per heavy atom. The molecule has 1 aromatic heterocycles. The van der Waals surface area contributed by atoms with Crippen molar-refractivity contribution in [3.8, 4) is 22.8 Å². The van der Waals surface area contributed by atoms with E-state index in [1.807, 2.05) is 12.1 Å². The average molecular weight is 545 g/mol. The zero-order valence-corrected chi connectivity index (χ0v) is 22.7. The van der Waals surface area contributed by atoms with Gasteiger partial charge in [0.1, 0.15) is 40.6 Å². The number of rotatable bonds is 10. The molecule has 1 amide bonds. The van der Waals surface area contributed by atoms with Gasteiger partial charge in [-0.15, -0.1) is 0 Å². The quantitative estimate of drug-likeness (QED) is 0.335. The summed E-state index contributed by atoms with van der Waals surface area (Å²) in [6.45, 7) is 3.32. The predicted octanol–water partition coefficient (Wildman–Crippen LogP) is 5.31. The van der Waals surface area contributed by atoms with E-state index in [1.165, 1.54) is 12.1 Å². The summed E-state index contributed by atoms with van der Waals surface area (Å²) in [5, 5.41) is 11.6. The van der Waals surface area contributed by atoms with E-state index >= 15 is 0 Å². The van der Waals surface area contributed by atoms with Crippen LogP contribution in [0.25, 0.3) is 11.3 Å². The summed E-state index contributed by atoms with van der Waals surface area (Å²) in [4.78, 5) is 30.4. The fourth-order valence-corrected chi connectivity index (χ4v) is 5.20. The molecule has 0 unspecified atom stereocenters. The molecular weight excluding hydrogens is 511 g/mol. The summed E-state index contributed by atoms with van der Waals surface area (Å²) < 4.78 is 25.6. The number of ether oxygens (including phenoxy) is 2. The maximum atomic E-state index is 13.7. The van der Waals surface area contributed by atoms with E-state index in [-0.39, 0.29) is 37.0 Å². The summed E-state index contributed by atoms with van der Waals surface area (Å²) in [5.74, 6) is 0.650. The van der Waals surface area contributed by atoms with Crippen LogP contribution in [0.5, 0.6) is 11.5 Å². The highest BCUT2D eigenvalue weighted by Gasteiger charge is 2.45. The van der Waals surface area contributed by atoms with Crippen LogP contribution in [-0.4, -0.2) is 34.5 Å². The maximum absolute atomic E-state index is 13.7. The number of ketones is 1. The number of amides is 1. The number of aliphatic hydroxyl groups is 1. The lowest BCUT2D eigenvalue weighted by molar-refractivity contribution is -0.123. The molecule has 7 nitrogen and oxygen atoms in total. The third-order valence-electron chi connectivity index (χ3n) is 8.29. The molecule has 2 aromatic carbocycles. The zero-order chi connectivity index (χ0) is 28.2. The minimum absolute atomic E-state index is 0.0292. The summed E-state index contributed by atoms with van der Waals surface area (Å²) in [7, 11) is 0. The average Bonchev–Trinajstić information content (AvgIpc) is 3.87. The van der Waals surface area contributed by atoms with Crippen LogP contribution in [0.3, 0.4) is 0 Å². The van der Waals surface area contributed by atoms with Crippen molar-refractivity contribution in [3.05, 3.63) is 76.7 Å². The van der Waals surface area contributed by atoms with Crippen LogP contribution in [-0.2, 0) is 15.8 Å². The Kier molecular flexibility index (Phi) is 6.41. The molecule has 0 spiro atoms. The number of benzene rings is 2. The van der Waals surface area contributed by atoms with Crippen molar-refractivity contribution in [2.45, 2.75) is 75.4 Å². The molecule has 2 saturated carbocycles. The number of Topliss-reactive ketones (excluding diaryl/α,β-unsaturated/α-hetero) is 1. The van der Waals surface area contributed by atoms with Gasteiger partial charge in [-0.3, -0.25) is 9.59 Å². The van der Waals surface area contributed by atoms with Crippen LogP contribution in [0.4, 0.5) is 4.39 Å². The maximum Gasteiger partial charge on any atom is 0.231 e. The van der Waals surface area contributed by atoms with Gasteiger partial charge >= 0.3 is 0 Å². The first-order valence-electron chi connectivity index (χ1n) is 13.9. The van der Waals surface area contributed by atoms with Gasteiger partial charge in [0.2, 0.25) is 5.91 Å². The second kappa shape index (κ2) is 9.70. The summed E-state index contributed by atoms with van der Waals surface area (Å²) in [6.07, 6.45) is 4.83. The van der Waals surface area contributed by atoms with Crippen LogP contribution < -0.4 is 15.2 Å². The Hall–Kier alpha value is -3.78. The summed E-state index contributed by atoms with van der Waals surface area (Å²) >= 11 is 0. The normalized spacial score (nSPS) is 21.3. The molecule has 3 aromatic rings. The van der Waals surface area contributed by atoms with E-state index in [1.54, 1.807) is 38.1 Å². The topological polar surface area (TPSA) is 112 Å². The fourth-order valence-electron chi connectivity index (χ4n) is 5.20. The molecule has 8 heteroatoms. The van der Waals surface area contributed by atoms with Crippen molar-refractivity contribution >= 4 is 11.7 Å². The van der Waals surface area contributed by atoms with Gasteiger partial charge in [-0.05, 0) is 106 Å². The highest BCUT2D eigenvalue weighted by molar-refractivity contribution is 5.96. The largest absolute Gasteiger partial charge is 0.490 e. The van der Waals surface area contributed by atoms with Crippen LogP contribution >= 0.6 is 0 Å². The zero-order valence-electron chi connectivity index (χ0n) is 22.7. The van der Waals surface area contributed by atoms with Gasteiger partial charge in [0.05, 0.1) is 11.8 Å². The third-order valence-corrected chi connectivity index (χ3v) is 8.29. The second-order valence-electron chi connectivity index (χ2n) is 11.8. The van der Waals surface area contributed by atoms with Crippen molar-refractivity contribution in [1.82, 2.24) is 4.98 Å². The monoisotopic (exact) mass is 544 g/mol. The van der Waals surface area contributed by atoms with Gasteiger partial charge < -0.3 is 20.3 Å². The van der Waals surface area contributed by atoms with E-state index in [0.717, 1.165) is 37.0 Å². The van der Waals surface area contributed by atoms with E-state index in [2.05, 4.69) is 0 Å². The van der Waals surface area contributed by atoms with Gasteiger partial charge in [0.25, 0.3) is 0 Å². The van der Waals surface area contributed by atoms with Crippen molar-refractivity contribution in [2.75, 3.05) is 6.61 Å². The number of fused-ring (bicyclic) bond motifs is 1. The second-order valence-corrected chi connectivity index (χ2v) is 11.8. The highest BCUT2D eigenvalue weighted by Crippen LogP contribution is 2.47. The Morgan fingerprint density at radius 3 is 2.52 bits per heavy atom. The number of nitrogens with two attached hydrogens (primary N) is 1. The Balaban J connectivity index is 1.28. The predicted molar refractivity (Wildman–Crippen MR) is 147 cm³/mol. The van der Waals surface area contributed by atoms with Gasteiger partial charge in [0.15, 0.2) is 5.78 Å². The number of hydrogen-bond donors (Lipinski definition) is 2. The standard InChI is InChI=1S/C32H33FN2O5/c1-31(30(34)37)17-39-29-24(31)16-27(35-28(29)19-5-8-21(33)9-6-19)32(2,38)14-13-25(36)20-7-12-26(40-22-10-11-22)23(15-20)18-3-4-18/h5-9,12,15-16,18,22,38H,3-4,10-11,13-14,17H2,1-2H3,(H2,34,37)/t31-,32-/m0/s1. The highest BCUT2D eigenvalue weighted by atomic mass is 19.1.